The largest absolute Gasteiger partial charge is 0.424 e. The van der Waals surface area contributed by atoms with Gasteiger partial charge in [-0.05, 0) is 30.7 Å². The van der Waals surface area contributed by atoms with Crippen LogP contribution in [0.2, 0.25) is 0 Å². The summed E-state index contributed by atoms with van der Waals surface area (Å²) in [6, 6.07) is 5.87. The summed E-state index contributed by atoms with van der Waals surface area (Å²) in [6.45, 7) is 1.93. The van der Waals surface area contributed by atoms with Gasteiger partial charge in [-0.3, -0.25) is 4.79 Å². The Morgan fingerprint density at radius 3 is 2.59 bits per heavy atom. The third-order valence-electron chi connectivity index (χ3n) is 2.12. The van der Waals surface area contributed by atoms with Crippen molar-refractivity contribution in [3.8, 4) is 11.8 Å². The van der Waals surface area contributed by atoms with Crippen LogP contribution >= 0.6 is 15.9 Å². The molecule has 0 spiro atoms. The number of nitrogens with zero attached hydrogens (tertiary/aromatic N) is 2. The highest BCUT2D eigenvalue weighted by Crippen LogP contribution is 2.25. The van der Waals surface area contributed by atoms with Gasteiger partial charge in [0, 0.05) is 16.9 Å². The van der Waals surface area contributed by atoms with Gasteiger partial charge in [-0.25, -0.2) is 9.97 Å². The van der Waals surface area contributed by atoms with Gasteiger partial charge >= 0.3 is 6.01 Å². The first-order valence-corrected chi connectivity index (χ1v) is 5.69. The summed E-state index contributed by atoms with van der Waals surface area (Å²) in [5.41, 5.74) is 1.40. The summed E-state index contributed by atoms with van der Waals surface area (Å²) in [6.07, 6.45) is 3.53. The van der Waals surface area contributed by atoms with Crippen molar-refractivity contribution in [1.29, 1.82) is 0 Å². The average Bonchev–Trinajstić information content (AvgIpc) is 2.34. The number of benzene rings is 1. The molecular weight excluding hydrogens is 284 g/mol. The Balaban J connectivity index is 2.22. The minimum Gasteiger partial charge on any atom is -0.424 e. The van der Waals surface area contributed by atoms with Gasteiger partial charge in [0.05, 0.1) is 5.56 Å². The molecule has 86 valence electrons. The maximum atomic E-state index is 10.4. The quantitative estimate of drug-likeness (QED) is 0.816. The van der Waals surface area contributed by atoms with Gasteiger partial charge in [0.25, 0.3) is 0 Å². The molecule has 0 aliphatic heterocycles. The number of aromatic nitrogens is 2. The van der Waals surface area contributed by atoms with Crippen molar-refractivity contribution >= 4 is 22.2 Å². The number of hydrogen-bond donors (Lipinski definition) is 0. The maximum absolute atomic E-state index is 10.4. The molecule has 2 rings (SSSR count). The highest BCUT2D eigenvalue weighted by Gasteiger charge is 2.04. The molecule has 0 amide bonds. The molecule has 2 aromatic rings. The van der Waals surface area contributed by atoms with E-state index in [0.717, 1.165) is 10.0 Å². The van der Waals surface area contributed by atoms with Gasteiger partial charge in [-0.15, -0.1) is 0 Å². The Labute approximate surface area is 107 Å². The molecule has 17 heavy (non-hydrogen) atoms. The molecule has 0 unspecified atom stereocenters. The van der Waals surface area contributed by atoms with Crippen LogP contribution in [0, 0.1) is 6.92 Å². The lowest BCUT2D eigenvalue weighted by Crippen LogP contribution is -1.94. The highest BCUT2D eigenvalue weighted by atomic mass is 79.9. The minimum atomic E-state index is 0.223. The van der Waals surface area contributed by atoms with Crippen LogP contribution in [-0.2, 0) is 0 Å². The summed E-state index contributed by atoms with van der Waals surface area (Å²) in [4.78, 5) is 18.3. The lowest BCUT2D eigenvalue weighted by molar-refractivity contribution is 0.112. The Morgan fingerprint density at radius 2 is 2.00 bits per heavy atom. The van der Waals surface area contributed by atoms with E-state index in [2.05, 4.69) is 25.9 Å². The Kier molecular flexibility index (Phi) is 3.49. The van der Waals surface area contributed by atoms with Crippen LogP contribution in [0.1, 0.15) is 15.9 Å². The molecule has 0 radical (unpaired) electrons. The van der Waals surface area contributed by atoms with Gasteiger partial charge in [0.2, 0.25) is 0 Å². The van der Waals surface area contributed by atoms with Crippen LogP contribution in [0.3, 0.4) is 0 Å². The monoisotopic (exact) mass is 292 g/mol. The van der Waals surface area contributed by atoms with Crippen molar-refractivity contribution in [3.63, 3.8) is 0 Å². The van der Waals surface area contributed by atoms with Crippen LogP contribution < -0.4 is 4.74 Å². The fourth-order valence-corrected chi connectivity index (χ4v) is 1.74. The highest BCUT2D eigenvalue weighted by molar-refractivity contribution is 9.10. The Hall–Kier alpha value is -1.75. The van der Waals surface area contributed by atoms with Gasteiger partial charge in [-0.2, -0.15) is 0 Å². The summed E-state index contributed by atoms with van der Waals surface area (Å²) in [5, 5.41) is 0. The van der Waals surface area contributed by atoms with E-state index in [-0.39, 0.29) is 6.01 Å². The molecule has 0 N–H and O–H groups in total. The van der Waals surface area contributed by atoms with Gasteiger partial charge in [0.1, 0.15) is 5.75 Å². The zero-order valence-corrected chi connectivity index (χ0v) is 10.6. The number of halogens is 1. The first-order valence-electron chi connectivity index (χ1n) is 4.90. The molecule has 4 nitrogen and oxygen atoms in total. The Bertz CT molecular complexity index is 541. The molecule has 0 saturated carbocycles. The zero-order valence-electron chi connectivity index (χ0n) is 9.05. The number of carbonyl (C=O) groups excluding carboxylic acids is 1. The summed E-state index contributed by atoms with van der Waals surface area (Å²) >= 11 is 3.37. The molecule has 0 bridgehead atoms. The second-order valence-electron chi connectivity index (χ2n) is 3.43. The first-order chi connectivity index (χ1) is 8.19. The normalized spacial score (nSPS) is 10.0. The number of rotatable bonds is 3. The second-order valence-corrected chi connectivity index (χ2v) is 4.34. The molecule has 0 atom stereocenters. The predicted octanol–water partition coefficient (Wildman–Crippen LogP) is 3.15. The number of ether oxygens (including phenoxy) is 1. The fraction of sp³-hybridized carbons (Fsp3) is 0.0833. The third-order valence-corrected chi connectivity index (χ3v) is 2.62. The Morgan fingerprint density at radius 1 is 1.29 bits per heavy atom. The molecular formula is C12H9BrN2O2. The van der Waals surface area contributed by atoms with E-state index in [0.29, 0.717) is 17.6 Å². The van der Waals surface area contributed by atoms with E-state index in [1.165, 1.54) is 12.4 Å². The third kappa shape index (κ3) is 2.88. The van der Waals surface area contributed by atoms with E-state index in [1.807, 2.05) is 25.1 Å². The number of hydrogen-bond acceptors (Lipinski definition) is 4. The van der Waals surface area contributed by atoms with E-state index < -0.39 is 0 Å². The van der Waals surface area contributed by atoms with Gasteiger partial charge in [0.15, 0.2) is 6.29 Å². The van der Waals surface area contributed by atoms with Crippen LogP contribution in [-0.4, -0.2) is 16.3 Å². The van der Waals surface area contributed by atoms with Crippen molar-refractivity contribution in [3.05, 3.63) is 46.2 Å². The fourth-order valence-electron chi connectivity index (χ4n) is 1.27. The smallest absolute Gasteiger partial charge is 0.321 e. The van der Waals surface area contributed by atoms with E-state index in [4.69, 9.17) is 4.74 Å². The second kappa shape index (κ2) is 5.05. The maximum Gasteiger partial charge on any atom is 0.321 e. The van der Waals surface area contributed by atoms with Crippen molar-refractivity contribution in [1.82, 2.24) is 9.97 Å². The lowest BCUT2D eigenvalue weighted by Gasteiger charge is -2.06. The number of aryl methyl sites for hydroxylation is 1. The van der Waals surface area contributed by atoms with E-state index in [9.17, 15) is 4.79 Å². The van der Waals surface area contributed by atoms with Gasteiger partial charge < -0.3 is 4.74 Å². The topological polar surface area (TPSA) is 52.1 Å². The zero-order chi connectivity index (χ0) is 12.3. The molecule has 0 aliphatic rings. The summed E-state index contributed by atoms with van der Waals surface area (Å²) in [7, 11) is 0. The van der Waals surface area contributed by atoms with Crippen LogP contribution in [0.4, 0.5) is 0 Å². The predicted molar refractivity (Wildman–Crippen MR) is 66.4 cm³/mol. The van der Waals surface area contributed by atoms with Crippen molar-refractivity contribution in [2.24, 2.45) is 0 Å². The van der Waals surface area contributed by atoms with Gasteiger partial charge in [-0.1, -0.05) is 15.9 Å². The van der Waals surface area contributed by atoms with Crippen LogP contribution in [0.25, 0.3) is 0 Å². The summed E-state index contributed by atoms with van der Waals surface area (Å²) < 4.78 is 6.49. The van der Waals surface area contributed by atoms with Crippen molar-refractivity contribution in [2.75, 3.05) is 0 Å². The molecule has 1 aromatic carbocycles. The standard InChI is InChI=1S/C12H9BrN2O2/c1-8-4-10(13)2-3-11(8)17-12-14-5-9(7-16)6-15-12/h2-7H,1H3. The molecule has 0 aliphatic carbocycles. The van der Waals surface area contributed by atoms with E-state index in [1.54, 1.807) is 0 Å². The van der Waals surface area contributed by atoms with Crippen LogP contribution in [0.15, 0.2) is 35.1 Å². The molecule has 1 aromatic heterocycles. The van der Waals surface area contributed by atoms with Crippen LogP contribution in [0.5, 0.6) is 11.8 Å². The molecule has 1 heterocycles. The number of carbonyl (C=O) groups is 1. The van der Waals surface area contributed by atoms with E-state index >= 15 is 0 Å². The lowest BCUT2D eigenvalue weighted by atomic mass is 10.2. The van der Waals surface area contributed by atoms with Crippen molar-refractivity contribution < 1.29 is 9.53 Å². The molecule has 5 heteroatoms. The minimum absolute atomic E-state index is 0.223. The number of aldehydes is 1. The first kappa shape index (κ1) is 11.7. The molecule has 0 saturated heterocycles. The molecule has 0 fully saturated rings. The summed E-state index contributed by atoms with van der Waals surface area (Å²) in [5.74, 6) is 0.687. The average molecular weight is 293 g/mol. The SMILES string of the molecule is Cc1cc(Br)ccc1Oc1ncc(C=O)cn1. The van der Waals surface area contributed by atoms with Crippen molar-refractivity contribution in [2.45, 2.75) is 6.92 Å².